The molecule has 2 heterocycles. The predicted octanol–water partition coefficient (Wildman–Crippen LogP) is 4.94. The number of cyclic esters (lactones) is 1. The second-order valence-corrected chi connectivity index (χ2v) is 11.3. The Balaban J connectivity index is 1.57. The van der Waals surface area contributed by atoms with Gasteiger partial charge < -0.3 is 19.2 Å². The fraction of sp³-hybridized carbons (Fsp3) is 0.500. The molecule has 5 atom stereocenters. The van der Waals surface area contributed by atoms with Gasteiger partial charge in [-0.2, -0.15) is 0 Å². The van der Waals surface area contributed by atoms with Crippen LogP contribution in [-0.2, 0) is 40.4 Å². The highest BCUT2D eigenvalue weighted by Crippen LogP contribution is 2.61. The number of carbonyl (C=O) groups excluding carboxylic acids is 3. The zero-order chi connectivity index (χ0) is 26.5. The summed E-state index contributed by atoms with van der Waals surface area (Å²) in [6, 6.07) is 8.32. The highest BCUT2D eigenvalue weighted by molar-refractivity contribution is 5.92. The first-order valence-electron chi connectivity index (χ1n) is 13.0. The van der Waals surface area contributed by atoms with Crippen LogP contribution >= 0.6 is 0 Å². The van der Waals surface area contributed by atoms with E-state index in [9.17, 15) is 14.4 Å². The van der Waals surface area contributed by atoms with E-state index in [1.54, 1.807) is 0 Å². The molecule has 1 saturated heterocycles. The molecule has 7 heteroatoms. The van der Waals surface area contributed by atoms with Crippen molar-refractivity contribution in [2.45, 2.75) is 64.9 Å². The Bertz CT molecular complexity index is 1320. The van der Waals surface area contributed by atoms with Crippen LogP contribution in [0.5, 0.6) is 0 Å². The number of hydrogen-bond donors (Lipinski definition) is 1. The summed E-state index contributed by atoms with van der Waals surface area (Å²) in [4.78, 5) is 39.6. The lowest BCUT2D eigenvalue weighted by Gasteiger charge is -2.58. The molecule has 37 heavy (non-hydrogen) atoms. The smallest absolute Gasteiger partial charge is 0.337 e. The number of benzene rings is 1. The minimum absolute atomic E-state index is 0.0505. The second kappa shape index (κ2) is 9.19. The molecule has 1 aliphatic heterocycles. The van der Waals surface area contributed by atoms with Gasteiger partial charge in [0.1, 0.15) is 13.2 Å². The molecular formula is C30H35NO6. The zero-order valence-corrected chi connectivity index (χ0v) is 22.0. The van der Waals surface area contributed by atoms with E-state index < -0.39 is 23.5 Å². The summed E-state index contributed by atoms with van der Waals surface area (Å²) in [5.41, 5.74) is 4.44. The van der Waals surface area contributed by atoms with Crippen molar-refractivity contribution in [1.29, 1.82) is 0 Å². The molecule has 2 aromatic rings. The van der Waals surface area contributed by atoms with E-state index in [0.717, 1.165) is 36.0 Å². The number of esters is 3. The van der Waals surface area contributed by atoms with Crippen molar-refractivity contribution in [3.8, 4) is 0 Å². The van der Waals surface area contributed by atoms with Crippen LogP contribution in [-0.4, -0.2) is 42.2 Å². The molecule has 1 saturated carbocycles. The number of aromatic amines is 1. The number of aromatic nitrogens is 1. The summed E-state index contributed by atoms with van der Waals surface area (Å²) in [7, 11) is 0. The van der Waals surface area contributed by atoms with Gasteiger partial charge >= 0.3 is 17.9 Å². The molecule has 0 spiro atoms. The van der Waals surface area contributed by atoms with Crippen molar-refractivity contribution in [3.05, 3.63) is 59.3 Å². The summed E-state index contributed by atoms with van der Waals surface area (Å²) in [6.07, 6.45) is 4.45. The van der Waals surface area contributed by atoms with Crippen molar-refractivity contribution in [2.24, 2.45) is 17.3 Å². The van der Waals surface area contributed by atoms with Crippen LogP contribution in [0.4, 0.5) is 0 Å². The van der Waals surface area contributed by atoms with E-state index in [1.807, 2.05) is 12.1 Å². The maximum atomic E-state index is 12.5. The lowest BCUT2D eigenvalue weighted by Crippen LogP contribution is -2.55. The fourth-order valence-electron chi connectivity index (χ4n) is 7.34. The van der Waals surface area contributed by atoms with Crippen molar-refractivity contribution < 1.29 is 28.6 Å². The first-order valence-corrected chi connectivity index (χ1v) is 13.0. The summed E-state index contributed by atoms with van der Waals surface area (Å²) >= 11 is 0. The van der Waals surface area contributed by atoms with Gasteiger partial charge in [0, 0.05) is 35.9 Å². The van der Waals surface area contributed by atoms with Crippen molar-refractivity contribution >= 4 is 28.8 Å². The van der Waals surface area contributed by atoms with Gasteiger partial charge in [0.25, 0.3) is 0 Å². The van der Waals surface area contributed by atoms with Crippen LogP contribution in [0.2, 0.25) is 0 Å². The van der Waals surface area contributed by atoms with Crippen LogP contribution in [0.3, 0.4) is 0 Å². The lowest BCUT2D eigenvalue weighted by molar-refractivity contribution is -0.146. The quantitative estimate of drug-likeness (QED) is 0.268. The Hall–Kier alpha value is -3.35. The van der Waals surface area contributed by atoms with Gasteiger partial charge in [-0.3, -0.25) is 9.59 Å². The van der Waals surface area contributed by atoms with E-state index in [4.69, 9.17) is 14.2 Å². The number of hydrogen-bond acceptors (Lipinski definition) is 6. The van der Waals surface area contributed by atoms with E-state index in [0.29, 0.717) is 18.6 Å². The zero-order valence-electron chi connectivity index (χ0n) is 22.0. The largest absolute Gasteiger partial charge is 0.465 e. The monoisotopic (exact) mass is 505 g/mol. The van der Waals surface area contributed by atoms with Crippen molar-refractivity contribution in [1.82, 2.24) is 4.98 Å². The maximum Gasteiger partial charge on any atom is 0.337 e. The number of ether oxygens (including phenoxy) is 3. The van der Waals surface area contributed by atoms with Crippen LogP contribution in [0.1, 0.15) is 58.2 Å². The second-order valence-electron chi connectivity index (χ2n) is 11.3. The molecule has 3 aliphatic rings. The molecule has 1 N–H and O–H groups in total. The van der Waals surface area contributed by atoms with Crippen LogP contribution < -0.4 is 0 Å². The molecule has 0 radical (unpaired) electrons. The van der Waals surface area contributed by atoms with Gasteiger partial charge in [-0.05, 0) is 54.6 Å². The van der Waals surface area contributed by atoms with E-state index in [1.165, 1.54) is 24.8 Å². The average Bonchev–Trinajstić information content (AvgIpc) is 3.37. The summed E-state index contributed by atoms with van der Waals surface area (Å²) < 4.78 is 16.2. The van der Waals surface area contributed by atoms with Crippen LogP contribution in [0, 0.1) is 17.3 Å². The summed E-state index contributed by atoms with van der Waals surface area (Å²) in [6.45, 7) is 12.1. The van der Waals surface area contributed by atoms with Crippen LogP contribution in [0.15, 0.2) is 48.1 Å². The van der Waals surface area contributed by atoms with Crippen molar-refractivity contribution in [3.63, 3.8) is 0 Å². The van der Waals surface area contributed by atoms with E-state index in [2.05, 4.69) is 43.6 Å². The number of fused-ring (bicyclic) bond motifs is 4. The molecular weight excluding hydrogens is 470 g/mol. The molecule has 0 unspecified atom stereocenters. The first kappa shape index (κ1) is 25.3. The number of para-hydroxylation sites is 1. The van der Waals surface area contributed by atoms with E-state index in [-0.39, 0.29) is 29.8 Å². The minimum atomic E-state index is -0.675. The molecule has 0 amide bonds. The molecule has 7 nitrogen and oxygen atoms in total. The number of allylic oxidation sites excluding steroid dienone is 2. The first-order chi connectivity index (χ1) is 17.5. The van der Waals surface area contributed by atoms with Crippen molar-refractivity contribution in [2.75, 3.05) is 13.2 Å². The standard InChI is InChI=1S/C30H35NO6/c1-17-10-13-26-29(4,23(17)12-11-21-25(37-19(3)33)15-35-28(21)34)14-22-20-8-6-7-9-24(20)31-27(22)30(26,5)16-36-18(2)32/h6-9,11,23,25-26,31H,1,10,12-16H2,2-5H3/b21-11+/t23-,25-,26+,29+,30+/m1/s1. The molecule has 2 fully saturated rings. The third-order valence-corrected chi connectivity index (χ3v) is 8.96. The molecule has 196 valence electrons. The molecule has 2 aliphatic carbocycles. The Labute approximate surface area is 217 Å². The Morgan fingerprint density at radius 1 is 1.22 bits per heavy atom. The molecule has 1 aromatic heterocycles. The Morgan fingerprint density at radius 2 is 1.97 bits per heavy atom. The number of carbonyl (C=O) groups is 3. The topological polar surface area (TPSA) is 94.7 Å². The van der Waals surface area contributed by atoms with Crippen LogP contribution in [0.25, 0.3) is 10.9 Å². The van der Waals surface area contributed by atoms with Gasteiger partial charge in [-0.15, -0.1) is 0 Å². The summed E-state index contributed by atoms with van der Waals surface area (Å²) in [5, 5.41) is 1.19. The normalized spacial score (nSPS) is 32.1. The lowest BCUT2D eigenvalue weighted by atomic mass is 9.46. The Morgan fingerprint density at radius 3 is 2.70 bits per heavy atom. The number of H-pyrrole nitrogens is 1. The van der Waals surface area contributed by atoms with Gasteiger partial charge in [-0.25, -0.2) is 4.79 Å². The third-order valence-electron chi connectivity index (χ3n) is 8.96. The van der Waals surface area contributed by atoms with Gasteiger partial charge in [0.15, 0.2) is 6.10 Å². The molecule has 0 bridgehead atoms. The predicted molar refractivity (Wildman–Crippen MR) is 139 cm³/mol. The minimum Gasteiger partial charge on any atom is -0.465 e. The highest BCUT2D eigenvalue weighted by atomic mass is 16.6. The molecule has 1 aromatic carbocycles. The Kier molecular flexibility index (Phi) is 6.29. The molecule has 5 rings (SSSR count). The fourth-order valence-corrected chi connectivity index (χ4v) is 7.34. The maximum absolute atomic E-state index is 12.5. The highest BCUT2D eigenvalue weighted by Gasteiger charge is 2.57. The summed E-state index contributed by atoms with van der Waals surface area (Å²) in [5.74, 6) is -0.860. The SMILES string of the molecule is C=C1CC[C@H]2[C@@](C)(Cc3c([nH]c4ccccc34)[C@@]2(C)COC(C)=O)[C@@H]1C/C=C1/C(=O)OC[C@H]1OC(C)=O. The average molecular weight is 506 g/mol. The number of rotatable bonds is 5. The van der Waals surface area contributed by atoms with Gasteiger partial charge in [-0.1, -0.05) is 50.3 Å². The third kappa shape index (κ3) is 4.18. The number of nitrogens with one attached hydrogen (secondary N) is 1. The van der Waals surface area contributed by atoms with E-state index >= 15 is 0 Å². The van der Waals surface area contributed by atoms with Gasteiger partial charge in [0.2, 0.25) is 0 Å². The van der Waals surface area contributed by atoms with Gasteiger partial charge in [0.05, 0.1) is 5.57 Å².